The number of nitrogens with one attached hydrogen (secondary N) is 1. The molecule has 0 amide bonds. The van der Waals surface area contributed by atoms with Crippen molar-refractivity contribution in [1.82, 2.24) is 15.1 Å². The summed E-state index contributed by atoms with van der Waals surface area (Å²) in [7, 11) is 0. The molecular formula is C22H23FN6O. The lowest BCUT2D eigenvalue weighted by molar-refractivity contribution is 0.189. The Kier molecular flexibility index (Phi) is 5.74. The highest BCUT2D eigenvalue weighted by atomic mass is 19.1. The van der Waals surface area contributed by atoms with E-state index in [0.717, 1.165) is 37.4 Å². The fraction of sp³-hybridized carbons (Fsp3) is 0.318. The van der Waals surface area contributed by atoms with Crippen LogP contribution in [0.5, 0.6) is 0 Å². The molecule has 1 aliphatic heterocycles. The molecule has 2 N–H and O–H groups in total. The molecule has 4 rings (SSSR count). The average Bonchev–Trinajstić information content (AvgIpc) is 2.76. The third kappa shape index (κ3) is 4.03. The van der Waals surface area contributed by atoms with Gasteiger partial charge in [0.25, 0.3) is 0 Å². The summed E-state index contributed by atoms with van der Waals surface area (Å²) >= 11 is 0. The van der Waals surface area contributed by atoms with Crippen molar-refractivity contribution in [1.29, 1.82) is 5.26 Å². The molecule has 7 nitrogen and oxygen atoms in total. The highest BCUT2D eigenvalue weighted by molar-refractivity contribution is 5.96. The van der Waals surface area contributed by atoms with Crippen LogP contribution in [0.4, 0.5) is 21.5 Å². The van der Waals surface area contributed by atoms with Crippen molar-refractivity contribution < 1.29 is 9.50 Å². The molecule has 8 heteroatoms. The third-order valence-corrected chi connectivity index (χ3v) is 5.39. The number of halogens is 1. The summed E-state index contributed by atoms with van der Waals surface area (Å²) in [4.78, 5) is 4.49. The highest BCUT2D eigenvalue weighted by Crippen LogP contribution is 2.31. The Bertz CT molecular complexity index is 1100. The van der Waals surface area contributed by atoms with Gasteiger partial charge in [0.15, 0.2) is 5.69 Å². The van der Waals surface area contributed by atoms with Gasteiger partial charge in [0, 0.05) is 43.8 Å². The number of aromatic nitrogens is 2. The number of nitriles is 1. The standard InChI is InChI=1S/C22H23FN6O/c1-15-2-5-19(18(23)12-15)25-22-17-4-3-16(13-20(17)26-27-21(22)14-24)29-8-6-28(7-9-29)10-11-30/h2-5,12-13,30H,6-11H2,1H3,(H,25,26). The van der Waals surface area contributed by atoms with Crippen molar-refractivity contribution in [3.05, 3.63) is 53.5 Å². The highest BCUT2D eigenvalue weighted by Gasteiger charge is 2.19. The van der Waals surface area contributed by atoms with Crippen molar-refractivity contribution in [2.24, 2.45) is 0 Å². The Balaban J connectivity index is 1.65. The molecular weight excluding hydrogens is 383 g/mol. The number of benzene rings is 2. The van der Waals surface area contributed by atoms with Crippen LogP contribution in [-0.4, -0.2) is 59.5 Å². The lowest BCUT2D eigenvalue weighted by Gasteiger charge is -2.35. The summed E-state index contributed by atoms with van der Waals surface area (Å²) in [5, 5.41) is 30.6. The number of β-amino-alcohol motifs (C(OH)–C–C–N with tert-alkyl or cyclic N) is 1. The first kappa shape index (κ1) is 20.0. The maximum Gasteiger partial charge on any atom is 0.187 e. The molecule has 0 bridgehead atoms. The van der Waals surface area contributed by atoms with E-state index in [-0.39, 0.29) is 23.8 Å². The molecule has 0 unspecified atom stereocenters. The summed E-state index contributed by atoms with van der Waals surface area (Å²) < 4.78 is 14.4. The van der Waals surface area contributed by atoms with Crippen LogP contribution in [-0.2, 0) is 0 Å². The minimum Gasteiger partial charge on any atom is -0.395 e. The number of rotatable bonds is 5. The van der Waals surface area contributed by atoms with Crippen molar-refractivity contribution in [2.45, 2.75) is 6.92 Å². The summed E-state index contributed by atoms with van der Waals surface area (Å²) in [6.07, 6.45) is 0. The van der Waals surface area contributed by atoms with Crippen molar-refractivity contribution >= 4 is 28.0 Å². The molecule has 1 fully saturated rings. The van der Waals surface area contributed by atoms with Crippen molar-refractivity contribution in [3.8, 4) is 6.07 Å². The smallest absolute Gasteiger partial charge is 0.187 e. The molecule has 1 aliphatic rings. The fourth-order valence-electron chi connectivity index (χ4n) is 3.72. The number of anilines is 3. The molecule has 3 aromatic rings. The Morgan fingerprint density at radius 2 is 1.93 bits per heavy atom. The maximum absolute atomic E-state index is 14.4. The summed E-state index contributed by atoms with van der Waals surface area (Å²) in [6.45, 7) is 6.17. The van der Waals surface area contributed by atoms with Gasteiger partial charge in [-0.15, -0.1) is 10.2 Å². The Morgan fingerprint density at radius 1 is 1.13 bits per heavy atom. The van der Waals surface area contributed by atoms with Crippen LogP contribution < -0.4 is 10.2 Å². The molecule has 0 radical (unpaired) electrons. The zero-order valence-corrected chi connectivity index (χ0v) is 16.8. The van der Waals surface area contributed by atoms with Gasteiger partial charge in [-0.2, -0.15) is 5.26 Å². The van der Waals surface area contributed by atoms with Gasteiger partial charge >= 0.3 is 0 Å². The second-order valence-electron chi connectivity index (χ2n) is 7.40. The monoisotopic (exact) mass is 406 g/mol. The molecule has 0 saturated carbocycles. The lowest BCUT2D eigenvalue weighted by Crippen LogP contribution is -2.47. The minimum atomic E-state index is -0.388. The molecule has 0 spiro atoms. The van der Waals surface area contributed by atoms with Gasteiger partial charge in [-0.25, -0.2) is 4.39 Å². The van der Waals surface area contributed by atoms with E-state index < -0.39 is 0 Å². The van der Waals surface area contributed by atoms with Gasteiger partial charge in [0.1, 0.15) is 11.9 Å². The normalized spacial score (nSPS) is 14.7. The Labute approximate surface area is 174 Å². The number of nitrogens with zero attached hydrogens (tertiary/aromatic N) is 5. The SMILES string of the molecule is Cc1ccc(Nc2c(C#N)nnc3cc(N4CCN(CCO)CC4)ccc23)c(F)c1. The van der Waals surface area contributed by atoms with E-state index in [1.54, 1.807) is 6.07 Å². The number of piperazine rings is 1. The van der Waals surface area contributed by atoms with E-state index >= 15 is 0 Å². The molecule has 1 saturated heterocycles. The van der Waals surface area contributed by atoms with E-state index in [1.807, 2.05) is 37.3 Å². The zero-order valence-electron chi connectivity index (χ0n) is 16.8. The minimum absolute atomic E-state index is 0.118. The number of hydrogen-bond acceptors (Lipinski definition) is 7. The van der Waals surface area contributed by atoms with Crippen LogP contribution in [0.3, 0.4) is 0 Å². The molecule has 2 aromatic carbocycles. The first-order valence-corrected chi connectivity index (χ1v) is 9.91. The predicted molar refractivity (Wildman–Crippen MR) is 114 cm³/mol. The van der Waals surface area contributed by atoms with Gasteiger partial charge in [-0.1, -0.05) is 6.07 Å². The molecule has 0 atom stereocenters. The number of fused-ring (bicyclic) bond motifs is 1. The quantitative estimate of drug-likeness (QED) is 0.674. The van der Waals surface area contributed by atoms with Crippen LogP contribution in [0.15, 0.2) is 36.4 Å². The van der Waals surface area contributed by atoms with E-state index in [9.17, 15) is 9.65 Å². The van der Waals surface area contributed by atoms with E-state index in [2.05, 4.69) is 25.3 Å². The van der Waals surface area contributed by atoms with Gasteiger partial charge in [-0.3, -0.25) is 4.90 Å². The zero-order chi connectivity index (χ0) is 21.1. The van der Waals surface area contributed by atoms with E-state index in [0.29, 0.717) is 23.1 Å². The van der Waals surface area contributed by atoms with Gasteiger partial charge < -0.3 is 15.3 Å². The maximum atomic E-state index is 14.4. The number of aliphatic hydroxyl groups excluding tert-OH is 1. The number of aryl methyl sites for hydroxylation is 1. The van der Waals surface area contributed by atoms with Crippen LogP contribution in [0.25, 0.3) is 10.9 Å². The largest absolute Gasteiger partial charge is 0.395 e. The van der Waals surface area contributed by atoms with Crippen LogP contribution in [0.1, 0.15) is 11.3 Å². The van der Waals surface area contributed by atoms with E-state index in [4.69, 9.17) is 5.11 Å². The third-order valence-electron chi connectivity index (χ3n) is 5.39. The Morgan fingerprint density at radius 3 is 2.63 bits per heavy atom. The first-order valence-electron chi connectivity index (χ1n) is 9.91. The van der Waals surface area contributed by atoms with Crippen LogP contribution in [0.2, 0.25) is 0 Å². The van der Waals surface area contributed by atoms with Gasteiger partial charge in [0.05, 0.1) is 23.5 Å². The predicted octanol–water partition coefficient (Wildman–Crippen LogP) is 2.81. The van der Waals surface area contributed by atoms with Gasteiger partial charge in [-0.05, 0) is 42.8 Å². The average molecular weight is 406 g/mol. The molecule has 154 valence electrons. The van der Waals surface area contributed by atoms with Crippen LogP contribution >= 0.6 is 0 Å². The first-order chi connectivity index (χ1) is 14.6. The summed E-state index contributed by atoms with van der Waals surface area (Å²) in [5.74, 6) is -0.388. The summed E-state index contributed by atoms with van der Waals surface area (Å²) in [6, 6.07) is 12.8. The van der Waals surface area contributed by atoms with Crippen molar-refractivity contribution in [2.75, 3.05) is 49.5 Å². The molecule has 0 aliphatic carbocycles. The number of aliphatic hydroxyl groups is 1. The lowest BCUT2D eigenvalue weighted by atomic mass is 10.1. The second-order valence-corrected chi connectivity index (χ2v) is 7.40. The fourth-order valence-corrected chi connectivity index (χ4v) is 3.72. The summed E-state index contributed by atoms with van der Waals surface area (Å²) in [5.41, 5.74) is 3.34. The van der Waals surface area contributed by atoms with Gasteiger partial charge in [0.2, 0.25) is 0 Å². The van der Waals surface area contributed by atoms with E-state index in [1.165, 1.54) is 6.07 Å². The topological polar surface area (TPSA) is 88.3 Å². The Hall–Kier alpha value is -3.28. The van der Waals surface area contributed by atoms with Crippen molar-refractivity contribution in [3.63, 3.8) is 0 Å². The van der Waals surface area contributed by atoms with Crippen LogP contribution in [0, 0.1) is 24.1 Å². The molecule has 2 heterocycles. The number of hydrogen-bond donors (Lipinski definition) is 2. The molecule has 30 heavy (non-hydrogen) atoms. The second kappa shape index (κ2) is 8.61. The molecule has 1 aromatic heterocycles.